The lowest BCUT2D eigenvalue weighted by Gasteiger charge is -2.12. The molecule has 0 atom stereocenters. The number of rotatable bonds is 4. The van der Waals surface area contributed by atoms with Crippen molar-refractivity contribution in [2.45, 2.75) is 30.5 Å². The molecule has 1 aromatic carbocycles. The van der Waals surface area contributed by atoms with Gasteiger partial charge in [0.2, 0.25) is 0 Å². The maximum Gasteiger partial charge on any atom is 0.131 e. The molecule has 0 aliphatic rings. The van der Waals surface area contributed by atoms with Crippen LogP contribution < -0.4 is 5.73 Å². The van der Waals surface area contributed by atoms with Crippen LogP contribution in [0.15, 0.2) is 35.6 Å². The van der Waals surface area contributed by atoms with Gasteiger partial charge in [0.1, 0.15) is 17.2 Å². The number of thioether (sulfide) groups is 1. The SMILES string of the molecule is CC(C)c1c(N)ncnc1SCc1ccc(Cl)cc1. The molecule has 1 heterocycles. The van der Waals surface area contributed by atoms with Crippen LogP contribution in [0.4, 0.5) is 5.82 Å². The molecular weight excluding hydrogens is 278 g/mol. The monoisotopic (exact) mass is 293 g/mol. The van der Waals surface area contributed by atoms with Crippen LogP contribution in [0, 0.1) is 0 Å². The Balaban J connectivity index is 2.15. The zero-order valence-corrected chi connectivity index (χ0v) is 12.5. The van der Waals surface area contributed by atoms with E-state index in [2.05, 4.69) is 23.8 Å². The molecule has 2 rings (SSSR count). The van der Waals surface area contributed by atoms with E-state index in [-0.39, 0.29) is 0 Å². The minimum absolute atomic E-state index is 0.314. The summed E-state index contributed by atoms with van der Waals surface area (Å²) in [7, 11) is 0. The summed E-state index contributed by atoms with van der Waals surface area (Å²) in [5.74, 6) is 1.73. The third kappa shape index (κ3) is 3.61. The van der Waals surface area contributed by atoms with Crippen molar-refractivity contribution < 1.29 is 0 Å². The smallest absolute Gasteiger partial charge is 0.131 e. The van der Waals surface area contributed by atoms with Crippen molar-refractivity contribution >= 4 is 29.2 Å². The van der Waals surface area contributed by atoms with Crippen LogP contribution in [0.2, 0.25) is 5.02 Å². The molecule has 0 fully saturated rings. The Morgan fingerprint density at radius 1 is 1.21 bits per heavy atom. The van der Waals surface area contributed by atoms with E-state index in [1.807, 2.05) is 24.3 Å². The first kappa shape index (κ1) is 14.2. The summed E-state index contributed by atoms with van der Waals surface area (Å²) < 4.78 is 0. The second kappa shape index (κ2) is 6.26. The molecule has 2 N–H and O–H groups in total. The lowest BCUT2D eigenvalue weighted by molar-refractivity contribution is 0.808. The number of nitrogens with zero attached hydrogens (tertiary/aromatic N) is 2. The Morgan fingerprint density at radius 3 is 2.53 bits per heavy atom. The number of benzene rings is 1. The Kier molecular flexibility index (Phi) is 4.66. The highest BCUT2D eigenvalue weighted by Crippen LogP contribution is 2.31. The van der Waals surface area contributed by atoms with Crippen LogP contribution in [0.3, 0.4) is 0 Å². The summed E-state index contributed by atoms with van der Waals surface area (Å²) >= 11 is 7.55. The lowest BCUT2D eigenvalue weighted by Crippen LogP contribution is -2.03. The highest BCUT2D eigenvalue weighted by atomic mass is 35.5. The fourth-order valence-corrected chi connectivity index (χ4v) is 3.02. The summed E-state index contributed by atoms with van der Waals surface area (Å²) in [4.78, 5) is 8.40. The van der Waals surface area contributed by atoms with Gasteiger partial charge in [-0.1, -0.05) is 37.6 Å². The molecule has 1 aromatic heterocycles. The number of hydrogen-bond acceptors (Lipinski definition) is 4. The van der Waals surface area contributed by atoms with Crippen molar-refractivity contribution in [1.82, 2.24) is 9.97 Å². The molecule has 0 aliphatic heterocycles. The standard InChI is InChI=1S/C14H16ClN3S/c1-9(2)12-13(16)17-8-18-14(12)19-7-10-3-5-11(15)6-4-10/h3-6,8-9H,7H2,1-2H3,(H2,16,17,18). The molecule has 0 spiro atoms. The van der Waals surface area contributed by atoms with Gasteiger partial charge < -0.3 is 5.73 Å². The van der Waals surface area contributed by atoms with Gasteiger partial charge in [0, 0.05) is 16.3 Å². The predicted molar refractivity (Wildman–Crippen MR) is 81.5 cm³/mol. The van der Waals surface area contributed by atoms with Gasteiger partial charge in [-0.25, -0.2) is 9.97 Å². The zero-order chi connectivity index (χ0) is 13.8. The second-order valence-corrected chi connectivity index (χ2v) is 5.95. The van der Waals surface area contributed by atoms with Crippen molar-refractivity contribution in [2.75, 3.05) is 5.73 Å². The van der Waals surface area contributed by atoms with Gasteiger partial charge in [0.15, 0.2) is 0 Å². The van der Waals surface area contributed by atoms with Crippen molar-refractivity contribution in [3.63, 3.8) is 0 Å². The molecule has 0 aliphatic carbocycles. The zero-order valence-electron chi connectivity index (χ0n) is 10.9. The van der Waals surface area contributed by atoms with E-state index in [4.69, 9.17) is 17.3 Å². The van der Waals surface area contributed by atoms with Gasteiger partial charge in [0.25, 0.3) is 0 Å². The van der Waals surface area contributed by atoms with Gasteiger partial charge in [-0.15, -0.1) is 11.8 Å². The first-order valence-corrected chi connectivity index (χ1v) is 7.42. The number of nitrogen functional groups attached to an aromatic ring is 1. The van der Waals surface area contributed by atoms with Crippen molar-refractivity contribution in [3.8, 4) is 0 Å². The minimum atomic E-state index is 0.314. The lowest BCUT2D eigenvalue weighted by atomic mass is 10.1. The number of anilines is 1. The molecule has 5 heteroatoms. The van der Waals surface area contributed by atoms with E-state index in [1.165, 1.54) is 11.9 Å². The van der Waals surface area contributed by atoms with Crippen molar-refractivity contribution in [2.24, 2.45) is 0 Å². The average Bonchev–Trinajstić information content (AvgIpc) is 2.37. The summed E-state index contributed by atoms with van der Waals surface area (Å²) in [5, 5.41) is 1.71. The third-order valence-electron chi connectivity index (χ3n) is 2.74. The molecule has 3 nitrogen and oxygen atoms in total. The number of aromatic nitrogens is 2. The maximum absolute atomic E-state index is 5.93. The Morgan fingerprint density at radius 2 is 1.89 bits per heavy atom. The van der Waals surface area contributed by atoms with E-state index in [0.717, 1.165) is 21.4 Å². The third-order valence-corrected chi connectivity index (χ3v) is 4.07. The van der Waals surface area contributed by atoms with Crippen LogP contribution in [0.1, 0.15) is 30.9 Å². The van der Waals surface area contributed by atoms with E-state index in [0.29, 0.717) is 11.7 Å². The fraction of sp³-hybridized carbons (Fsp3) is 0.286. The Hall–Kier alpha value is -1.26. The molecule has 19 heavy (non-hydrogen) atoms. The number of halogens is 1. The topological polar surface area (TPSA) is 51.8 Å². The molecule has 0 saturated carbocycles. The van der Waals surface area contributed by atoms with Crippen molar-refractivity contribution in [1.29, 1.82) is 0 Å². The fourth-order valence-electron chi connectivity index (χ4n) is 1.78. The summed E-state index contributed by atoms with van der Waals surface area (Å²) in [6.45, 7) is 4.20. The minimum Gasteiger partial charge on any atom is -0.383 e. The van der Waals surface area contributed by atoms with E-state index < -0.39 is 0 Å². The van der Waals surface area contributed by atoms with E-state index >= 15 is 0 Å². The van der Waals surface area contributed by atoms with Gasteiger partial charge in [0.05, 0.1) is 0 Å². The first-order chi connectivity index (χ1) is 9.08. The largest absolute Gasteiger partial charge is 0.383 e. The molecule has 100 valence electrons. The van der Waals surface area contributed by atoms with Gasteiger partial charge in [-0.3, -0.25) is 0 Å². The van der Waals surface area contributed by atoms with Gasteiger partial charge in [-0.05, 0) is 23.6 Å². The Labute approximate surface area is 122 Å². The van der Waals surface area contributed by atoms with E-state index in [1.54, 1.807) is 11.8 Å². The van der Waals surface area contributed by atoms with Crippen LogP contribution in [0.25, 0.3) is 0 Å². The molecule has 0 unspecified atom stereocenters. The first-order valence-electron chi connectivity index (χ1n) is 6.05. The van der Waals surface area contributed by atoms with Gasteiger partial charge >= 0.3 is 0 Å². The van der Waals surface area contributed by atoms with Crippen LogP contribution >= 0.6 is 23.4 Å². The predicted octanol–water partition coefficient (Wildman–Crippen LogP) is 4.13. The van der Waals surface area contributed by atoms with Gasteiger partial charge in [-0.2, -0.15) is 0 Å². The molecule has 0 saturated heterocycles. The number of nitrogens with two attached hydrogens (primary N) is 1. The highest BCUT2D eigenvalue weighted by molar-refractivity contribution is 7.98. The average molecular weight is 294 g/mol. The molecule has 0 bridgehead atoms. The van der Waals surface area contributed by atoms with E-state index in [9.17, 15) is 0 Å². The Bertz CT molecular complexity index is 555. The molecule has 2 aromatic rings. The highest BCUT2D eigenvalue weighted by Gasteiger charge is 2.13. The maximum atomic E-state index is 5.93. The number of hydrogen-bond donors (Lipinski definition) is 1. The molecular formula is C14H16ClN3S. The second-order valence-electron chi connectivity index (χ2n) is 4.55. The summed E-state index contributed by atoms with van der Waals surface area (Å²) in [6, 6.07) is 7.84. The molecule has 0 radical (unpaired) electrons. The van der Waals surface area contributed by atoms with Crippen LogP contribution in [-0.4, -0.2) is 9.97 Å². The summed E-state index contributed by atoms with van der Waals surface area (Å²) in [5.41, 5.74) is 8.17. The quantitative estimate of drug-likeness (QED) is 0.680. The summed E-state index contributed by atoms with van der Waals surface area (Å²) in [6.07, 6.45) is 1.52. The normalized spacial score (nSPS) is 10.9. The van der Waals surface area contributed by atoms with Crippen LogP contribution in [-0.2, 0) is 5.75 Å². The van der Waals surface area contributed by atoms with Crippen molar-refractivity contribution in [3.05, 3.63) is 46.7 Å². The van der Waals surface area contributed by atoms with Crippen LogP contribution in [0.5, 0.6) is 0 Å². The molecule has 0 amide bonds.